The van der Waals surface area contributed by atoms with Crippen molar-refractivity contribution in [3.63, 3.8) is 0 Å². The first-order valence-corrected chi connectivity index (χ1v) is 4.21. The van der Waals surface area contributed by atoms with E-state index < -0.39 is 5.60 Å². The molecular weight excluding hydrogens is 176 g/mol. The molecule has 1 aromatic carbocycles. The molecule has 0 aliphatic carbocycles. The van der Waals surface area contributed by atoms with Gasteiger partial charge < -0.3 is 10.2 Å². The average molecular weight is 187 g/mol. The highest BCUT2D eigenvalue weighted by Crippen LogP contribution is 2.21. The fourth-order valence-electron chi connectivity index (χ4n) is 0.959. The zero-order chi connectivity index (χ0) is 9.03. The molecule has 0 spiro atoms. The molecule has 0 saturated heterocycles. The van der Waals surface area contributed by atoms with Crippen LogP contribution in [0, 0.1) is 0 Å². The number of benzene rings is 1. The van der Waals surface area contributed by atoms with Crippen molar-refractivity contribution in [1.82, 2.24) is 0 Å². The van der Waals surface area contributed by atoms with Crippen molar-refractivity contribution in [2.24, 2.45) is 0 Å². The minimum Gasteiger partial charge on any atom is -0.393 e. The molecule has 0 aliphatic heterocycles. The molecule has 1 atom stereocenters. The molecule has 0 fully saturated rings. The van der Waals surface area contributed by atoms with E-state index in [-0.39, 0.29) is 12.5 Å². The predicted octanol–water partition coefficient (Wildman–Crippen LogP) is 1.11. The van der Waals surface area contributed by atoms with Crippen LogP contribution in [0.4, 0.5) is 0 Å². The fraction of sp³-hybridized carbons (Fsp3) is 0.333. The second-order valence-corrected chi connectivity index (χ2v) is 2.96. The van der Waals surface area contributed by atoms with Crippen LogP contribution in [0.2, 0.25) is 0 Å². The molecule has 0 bridgehead atoms. The predicted molar refractivity (Wildman–Crippen MR) is 48.1 cm³/mol. The van der Waals surface area contributed by atoms with E-state index in [1.54, 1.807) is 24.3 Å². The zero-order valence-corrected chi connectivity index (χ0v) is 7.33. The molecule has 0 radical (unpaired) electrons. The lowest BCUT2D eigenvalue weighted by molar-refractivity contribution is 0.000940. The molecule has 1 aromatic rings. The van der Waals surface area contributed by atoms with Gasteiger partial charge in [-0.3, -0.25) is 0 Å². The third-order valence-corrected chi connectivity index (χ3v) is 2.24. The first-order valence-electron chi connectivity index (χ1n) is 3.67. The van der Waals surface area contributed by atoms with Gasteiger partial charge in [0.1, 0.15) is 5.60 Å². The van der Waals surface area contributed by atoms with Crippen molar-refractivity contribution < 1.29 is 10.2 Å². The topological polar surface area (TPSA) is 40.5 Å². The van der Waals surface area contributed by atoms with Gasteiger partial charge in [0.2, 0.25) is 0 Å². The quantitative estimate of drug-likeness (QED) is 0.695. The Morgan fingerprint density at radius 1 is 1.25 bits per heavy atom. The highest BCUT2D eigenvalue weighted by Gasteiger charge is 2.26. The Hall–Kier alpha value is -0.570. The Kier molecular flexibility index (Phi) is 3.09. The van der Waals surface area contributed by atoms with Gasteiger partial charge in [0.25, 0.3) is 0 Å². The van der Waals surface area contributed by atoms with E-state index in [0.29, 0.717) is 5.56 Å². The lowest BCUT2D eigenvalue weighted by atomic mass is 9.97. The first-order chi connectivity index (χ1) is 5.73. The van der Waals surface area contributed by atoms with E-state index in [4.69, 9.17) is 16.7 Å². The molecule has 2 nitrogen and oxygen atoms in total. The van der Waals surface area contributed by atoms with E-state index in [9.17, 15) is 5.11 Å². The summed E-state index contributed by atoms with van der Waals surface area (Å²) in [5.74, 6) is -0.00644. The molecule has 0 aliphatic rings. The SMILES string of the molecule is OC[C@@](O)(CCl)c1ccccc1. The van der Waals surface area contributed by atoms with Crippen LogP contribution in [0.5, 0.6) is 0 Å². The molecular formula is C9H11ClO2. The van der Waals surface area contributed by atoms with Crippen LogP contribution in [0.1, 0.15) is 5.56 Å². The summed E-state index contributed by atoms with van der Waals surface area (Å²) < 4.78 is 0. The summed E-state index contributed by atoms with van der Waals surface area (Å²) in [6.07, 6.45) is 0. The van der Waals surface area contributed by atoms with Crippen molar-refractivity contribution in [3.8, 4) is 0 Å². The number of alkyl halides is 1. The van der Waals surface area contributed by atoms with Gasteiger partial charge in [0.05, 0.1) is 12.5 Å². The molecule has 0 aromatic heterocycles. The van der Waals surface area contributed by atoms with Crippen LogP contribution in [0.15, 0.2) is 30.3 Å². The number of hydrogen-bond donors (Lipinski definition) is 2. The molecule has 1 rings (SSSR count). The first kappa shape index (κ1) is 9.52. The molecule has 0 unspecified atom stereocenters. The monoisotopic (exact) mass is 186 g/mol. The van der Waals surface area contributed by atoms with Crippen LogP contribution in [0.25, 0.3) is 0 Å². The minimum absolute atomic E-state index is 0.00644. The Morgan fingerprint density at radius 3 is 2.25 bits per heavy atom. The maximum atomic E-state index is 9.72. The maximum Gasteiger partial charge on any atom is 0.126 e. The smallest absolute Gasteiger partial charge is 0.126 e. The number of rotatable bonds is 3. The molecule has 2 N–H and O–H groups in total. The third kappa shape index (κ3) is 1.78. The van der Waals surface area contributed by atoms with Crippen LogP contribution < -0.4 is 0 Å². The molecule has 12 heavy (non-hydrogen) atoms. The van der Waals surface area contributed by atoms with Gasteiger partial charge in [-0.05, 0) is 5.56 Å². The summed E-state index contributed by atoms with van der Waals surface area (Å²) in [5.41, 5.74) is -0.662. The average Bonchev–Trinajstić information content (AvgIpc) is 2.18. The second kappa shape index (κ2) is 3.90. The van der Waals surface area contributed by atoms with Gasteiger partial charge in [-0.25, -0.2) is 0 Å². The van der Waals surface area contributed by atoms with E-state index >= 15 is 0 Å². The van der Waals surface area contributed by atoms with Gasteiger partial charge >= 0.3 is 0 Å². The fourth-order valence-corrected chi connectivity index (χ4v) is 1.20. The van der Waals surface area contributed by atoms with E-state index in [1.165, 1.54) is 0 Å². The summed E-state index contributed by atoms with van der Waals surface area (Å²) in [5, 5.41) is 18.6. The summed E-state index contributed by atoms with van der Waals surface area (Å²) >= 11 is 5.53. The van der Waals surface area contributed by atoms with Gasteiger partial charge in [-0.2, -0.15) is 0 Å². The van der Waals surface area contributed by atoms with Crippen molar-refractivity contribution in [2.75, 3.05) is 12.5 Å². The third-order valence-electron chi connectivity index (χ3n) is 1.79. The van der Waals surface area contributed by atoms with E-state index in [0.717, 1.165) is 0 Å². The Bertz CT molecular complexity index is 232. The molecule has 66 valence electrons. The lowest BCUT2D eigenvalue weighted by Gasteiger charge is -2.23. The zero-order valence-electron chi connectivity index (χ0n) is 6.57. The second-order valence-electron chi connectivity index (χ2n) is 2.69. The van der Waals surface area contributed by atoms with Crippen LogP contribution in [-0.4, -0.2) is 22.7 Å². The van der Waals surface area contributed by atoms with E-state index in [2.05, 4.69) is 0 Å². The Labute approximate surface area is 76.4 Å². The number of aliphatic hydroxyl groups excluding tert-OH is 1. The largest absolute Gasteiger partial charge is 0.393 e. The standard InChI is InChI=1S/C9H11ClO2/c10-6-9(12,7-11)8-4-2-1-3-5-8/h1-5,11-12H,6-7H2/t9-/m0/s1. The van der Waals surface area contributed by atoms with Gasteiger partial charge in [-0.15, -0.1) is 11.6 Å². The van der Waals surface area contributed by atoms with Crippen LogP contribution in [0.3, 0.4) is 0 Å². The molecule has 3 heteroatoms. The van der Waals surface area contributed by atoms with Crippen molar-refractivity contribution in [2.45, 2.75) is 5.60 Å². The Balaban J connectivity index is 2.95. The van der Waals surface area contributed by atoms with Crippen molar-refractivity contribution in [3.05, 3.63) is 35.9 Å². The summed E-state index contributed by atoms with van der Waals surface area (Å²) in [6.45, 7) is -0.361. The summed E-state index contributed by atoms with van der Waals surface area (Å²) in [6, 6.07) is 8.90. The molecule has 0 saturated carbocycles. The summed E-state index contributed by atoms with van der Waals surface area (Å²) in [4.78, 5) is 0. The maximum absolute atomic E-state index is 9.72. The minimum atomic E-state index is -1.30. The number of halogens is 1. The van der Waals surface area contributed by atoms with Crippen molar-refractivity contribution in [1.29, 1.82) is 0 Å². The number of hydrogen-bond acceptors (Lipinski definition) is 2. The highest BCUT2D eigenvalue weighted by atomic mass is 35.5. The van der Waals surface area contributed by atoms with Gasteiger partial charge in [0.15, 0.2) is 0 Å². The van der Waals surface area contributed by atoms with Crippen LogP contribution >= 0.6 is 11.6 Å². The summed E-state index contributed by atoms with van der Waals surface area (Å²) in [7, 11) is 0. The lowest BCUT2D eigenvalue weighted by Crippen LogP contribution is -2.32. The molecule has 0 heterocycles. The van der Waals surface area contributed by atoms with Crippen LogP contribution in [-0.2, 0) is 5.60 Å². The van der Waals surface area contributed by atoms with Crippen molar-refractivity contribution >= 4 is 11.6 Å². The van der Waals surface area contributed by atoms with E-state index in [1.807, 2.05) is 6.07 Å². The highest BCUT2D eigenvalue weighted by molar-refractivity contribution is 6.18. The number of aliphatic hydroxyl groups is 2. The van der Waals surface area contributed by atoms with Gasteiger partial charge in [0, 0.05) is 0 Å². The van der Waals surface area contributed by atoms with Gasteiger partial charge in [-0.1, -0.05) is 30.3 Å². The normalized spacial score (nSPS) is 15.6. The molecule has 0 amide bonds. The Morgan fingerprint density at radius 2 is 1.83 bits per heavy atom.